The molecule has 0 aromatic heterocycles. The Morgan fingerprint density at radius 1 is 1.45 bits per heavy atom. The second-order valence-electron chi connectivity index (χ2n) is 6.17. The van der Waals surface area contributed by atoms with Crippen LogP contribution >= 0.6 is 0 Å². The van der Waals surface area contributed by atoms with Crippen molar-refractivity contribution in [2.45, 2.75) is 45.8 Å². The minimum atomic E-state index is -0.533. The molecule has 1 aliphatic rings. The Labute approximate surface area is 119 Å². The first-order valence-electron chi connectivity index (χ1n) is 6.80. The number of phenols is 1. The molecule has 1 aromatic carbocycles. The fourth-order valence-electron chi connectivity index (χ4n) is 2.57. The molecule has 0 fully saturated rings. The van der Waals surface area contributed by atoms with E-state index in [0.717, 1.165) is 11.1 Å². The second kappa shape index (κ2) is 4.89. The van der Waals surface area contributed by atoms with E-state index in [4.69, 9.17) is 10.5 Å². The summed E-state index contributed by atoms with van der Waals surface area (Å²) < 4.78 is 5.41. The number of carbonyl (C=O) groups is 1. The average molecular weight is 278 g/mol. The van der Waals surface area contributed by atoms with Crippen LogP contribution in [0, 0.1) is 0 Å². The maximum atomic E-state index is 12.2. The quantitative estimate of drug-likeness (QED) is 0.565. The van der Waals surface area contributed by atoms with E-state index in [9.17, 15) is 9.90 Å². The highest BCUT2D eigenvalue weighted by atomic mass is 16.6. The van der Waals surface area contributed by atoms with E-state index >= 15 is 0 Å². The molecule has 5 nitrogen and oxygen atoms in total. The van der Waals surface area contributed by atoms with Crippen molar-refractivity contribution in [3.63, 3.8) is 0 Å². The van der Waals surface area contributed by atoms with Crippen molar-refractivity contribution in [3.8, 4) is 5.75 Å². The summed E-state index contributed by atoms with van der Waals surface area (Å²) in [5.74, 6) is 0.176. The lowest BCUT2D eigenvalue weighted by atomic mass is 9.91. The number of nitrogen functional groups attached to an aromatic ring is 1. The molecule has 1 atom stereocenters. The molecule has 110 valence electrons. The van der Waals surface area contributed by atoms with Gasteiger partial charge in [-0.2, -0.15) is 0 Å². The SMILES string of the molecule is CC1c2c(O)ccc(N)c2CCN1C(=O)OC(C)(C)C. The molecule has 0 saturated carbocycles. The van der Waals surface area contributed by atoms with Gasteiger partial charge in [0.15, 0.2) is 0 Å². The molecule has 1 aromatic rings. The van der Waals surface area contributed by atoms with E-state index in [1.807, 2.05) is 27.7 Å². The number of nitrogens with two attached hydrogens (primary N) is 1. The van der Waals surface area contributed by atoms with Gasteiger partial charge in [0.05, 0.1) is 6.04 Å². The largest absolute Gasteiger partial charge is 0.508 e. The normalized spacial score (nSPS) is 18.6. The molecular formula is C15H22N2O3. The highest BCUT2D eigenvalue weighted by molar-refractivity contribution is 5.71. The Bertz CT molecular complexity index is 535. The summed E-state index contributed by atoms with van der Waals surface area (Å²) in [4.78, 5) is 13.9. The summed E-state index contributed by atoms with van der Waals surface area (Å²) >= 11 is 0. The first-order chi connectivity index (χ1) is 9.20. The Balaban J connectivity index is 2.30. The van der Waals surface area contributed by atoms with Crippen molar-refractivity contribution in [3.05, 3.63) is 23.3 Å². The zero-order valence-electron chi connectivity index (χ0n) is 12.4. The third-order valence-electron chi connectivity index (χ3n) is 3.49. The van der Waals surface area contributed by atoms with E-state index in [0.29, 0.717) is 18.7 Å². The summed E-state index contributed by atoms with van der Waals surface area (Å²) in [6.07, 6.45) is 0.261. The van der Waals surface area contributed by atoms with E-state index < -0.39 is 5.60 Å². The van der Waals surface area contributed by atoms with E-state index in [1.54, 1.807) is 17.0 Å². The standard InChI is InChI=1S/C15H22N2O3/c1-9-13-10(11(16)5-6-12(13)18)7-8-17(9)14(19)20-15(2,3)4/h5-6,9,18H,7-8,16H2,1-4H3. The van der Waals surface area contributed by atoms with Gasteiger partial charge in [0.2, 0.25) is 0 Å². The fourth-order valence-corrected chi connectivity index (χ4v) is 2.57. The maximum Gasteiger partial charge on any atom is 0.410 e. The van der Waals surface area contributed by atoms with Crippen LogP contribution in [0.25, 0.3) is 0 Å². The van der Waals surface area contributed by atoms with Crippen LogP contribution in [0.5, 0.6) is 5.75 Å². The topological polar surface area (TPSA) is 75.8 Å². The number of ether oxygens (including phenoxy) is 1. The number of rotatable bonds is 0. The molecule has 3 N–H and O–H groups in total. The van der Waals surface area contributed by atoms with Crippen LogP contribution in [0.2, 0.25) is 0 Å². The lowest BCUT2D eigenvalue weighted by Crippen LogP contribution is -2.42. The molecule has 20 heavy (non-hydrogen) atoms. The van der Waals surface area contributed by atoms with Crippen LogP contribution in [-0.2, 0) is 11.2 Å². The molecule has 1 aliphatic heterocycles. The molecule has 0 spiro atoms. The number of phenolic OH excluding ortho intramolecular Hbond substituents is 1. The van der Waals surface area contributed by atoms with Gasteiger partial charge in [-0.05, 0) is 51.8 Å². The first kappa shape index (κ1) is 14.5. The molecule has 5 heteroatoms. The van der Waals surface area contributed by atoms with E-state index in [2.05, 4.69) is 0 Å². The van der Waals surface area contributed by atoms with Gasteiger partial charge in [-0.3, -0.25) is 0 Å². The van der Waals surface area contributed by atoms with Gasteiger partial charge >= 0.3 is 6.09 Å². The molecular weight excluding hydrogens is 256 g/mol. The Morgan fingerprint density at radius 3 is 2.70 bits per heavy atom. The predicted octanol–water partition coefficient (Wildman–Crippen LogP) is 2.83. The number of fused-ring (bicyclic) bond motifs is 1. The summed E-state index contributed by atoms with van der Waals surface area (Å²) in [5.41, 5.74) is 7.73. The summed E-state index contributed by atoms with van der Waals surface area (Å²) in [6, 6.07) is 3.02. The molecule has 0 radical (unpaired) electrons. The second-order valence-corrected chi connectivity index (χ2v) is 6.17. The summed E-state index contributed by atoms with van der Waals surface area (Å²) in [7, 11) is 0. The van der Waals surface area contributed by atoms with Crippen molar-refractivity contribution in [2.24, 2.45) is 0 Å². The van der Waals surface area contributed by atoms with Crippen molar-refractivity contribution in [1.29, 1.82) is 0 Å². The number of hydrogen-bond donors (Lipinski definition) is 2. The van der Waals surface area contributed by atoms with Crippen molar-refractivity contribution in [2.75, 3.05) is 12.3 Å². The fraction of sp³-hybridized carbons (Fsp3) is 0.533. The van der Waals surface area contributed by atoms with Crippen LogP contribution in [0.1, 0.15) is 44.9 Å². The van der Waals surface area contributed by atoms with Gasteiger partial charge < -0.3 is 20.5 Å². The molecule has 0 bridgehead atoms. The lowest BCUT2D eigenvalue weighted by Gasteiger charge is -2.37. The smallest absolute Gasteiger partial charge is 0.410 e. The van der Waals surface area contributed by atoms with Crippen LogP contribution in [-0.4, -0.2) is 28.2 Å². The third-order valence-corrected chi connectivity index (χ3v) is 3.49. The molecule has 1 heterocycles. The molecule has 2 rings (SSSR count). The first-order valence-corrected chi connectivity index (χ1v) is 6.80. The van der Waals surface area contributed by atoms with Gasteiger partial charge in [0, 0.05) is 17.8 Å². The van der Waals surface area contributed by atoms with E-state index in [1.165, 1.54) is 0 Å². The zero-order valence-corrected chi connectivity index (χ0v) is 12.4. The number of nitrogens with zero attached hydrogens (tertiary/aromatic N) is 1. The number of aromatic hydroxyl groups is 1. The lowest BCUT2D eigenvalue weighted by molar-refractivity contribution is 0.0158. The maximum absolute atomic E-state index is 12.2. The molecule has 1 unspecified atom stereocenters. The van der Waals surface area contributed by atoms with Gasteiger partial charge in [-0.25, -0.2) is 4.79 Å². The number of hydrogen-bond acceptors (Lipinski definition) is 4. The molecule has 0 saturated heterocycles. The number of carbonyl (C=O) groups excluding carboxylic acids is 1. The van der Waals surface area contributed by atoms with Gasteiger partial charge in [-0.15, -0.1) is 0 Å². The Kier molecular flexibility index (Phi) is 3.54. The van der Waals surface area contributed by atoms with Gasteiger partial charge in [-0.1, -0.05) is 0 Å². The van der Waals surface area contributed by atoms with E-state index in [-0.39, 0.29) is 17.9 Å². The van der Waals surface area contributed by atoms with Crippen LogP contribution < -0.4 is 5.73 Å². The zero-order chi connectivity index (χ0) is 15.1. The molecule has 0 aliphatic carbocycles. The van der Waals surface area contributed by atoms with Crippen LogP contribution in [0.15, 0.2) is 12.1 Å². The third kappa shape index (κ3) is 2.66. The summed E-state index contributed by atoms with van der Waals surface area (Å²) in [6.45, 7) is 7.92. The number of anilines is 1. The monoisotopic (exact) mass is 278 g/mol. The Morgan fingerprint density at radius 2 is 2.10 bits per heavy atom. The highest BCUT2D eigenvalue weighted by Crippen LogP contribution is 2.38. The number of amides is 1. The van der Waals surface area contributed by atoms with Gasteiger partial charge in [0.25, 0.3) is 0 Å². The highest BCUT2D eigenvalue weighted by Gasteiger charge is 2.33. The summed E-state index contributed by atoms with van der Waals surface area (Å²) in [5, 5.41) is 10.0. The van der Waals surface area contributed by atoms with Crippen LogP contribution in [0.4, 0.5) is 10.5 Å². The van der Waals surface area contributed by atoms with Crippen molar-refractivity contribution in [1.82, 2.24) is 4.90 Å². The predicted molar refractivity (Wildman–Crippen MR) is 77.6 cm³/mol. The minimum Gasteiger partial charge on any atom is -0.508 e. The Hall–Kier alpha value is -1.91. The van der Waals surface area contributed by atoms with Gasteiger partial charge in [0.1, 0.15) is 11.4 Å². The number of benzene rings is 1. The minimum absolute atomic E-state index is 0.176. The van der Waals surface area contributed by atoms with Crippen LogP contribution in [0.3, 0.4) is 0 Å². The average Bonchev–Trinajstić information content (AvgIpc) is 2.31. The molecule has 1 amide bonds. The van der Waals surface area contributed by atoms with Crippen molar-refractivity contribution < 1.29 is 14.6 Å². The van der Waals surface area contributed by atoms with Crippen molar-refractivity contribution >= 4 is 11.8 Å².